The minimum Gasteiger partial charge on any atom is -0.330 e. The molecule has 0 atom stereocenters. The lowest BCUT2D eigenvalue weighted by Crippen LogP contribution is -2.03. The summed E-state index contributed by atoms with van der Waals surface area (Å²) in [6, 6.07) is 6.55. The molecule has 0 aromatic heterocycles. The Morgan fingerprint density at radius 2 is 2.08 bits per heavy atom. The Morgan fingerprint density at radius 1 is 1.31 bits per heavy atom. The Hall–Kier alpha value is -0.820. The molecule has 0 saturated heterocycles. The van der Waals surface area contributed by atoms with E-state index in [9.17, 15) is 0 Å². The number of benzene rings is 1. The molecule has 0 aliphatic heterocycles. The largest absolute Gasteiger partial charge is 0.330 e. The topological polar surface area (TPSA) is 26.0 Å². The molecule has 1 heteroatoms. The van der Waals surface area contributed by atoms with E-state index in [1.807, 2.05) is 0 Å². The fraction of sp³-hybridized carbons (Fsp3) is 0.500. The van der Waals surface area contributed by atoms with Crippen LogP contribution in [0.4, 0.5) is 0 Å². The van der Waals surface area contributed by atoms with Crippen molar-refractivity contribution in [3.05, 3.63) is 34.9 Å². The van der Waals surface area contributed by atoms with Gasteiger partial charge in [-0.25, -0.2) is 0 Å². The van der Waals surface area contributed by atoms with Crippen LogP contribution in [0.15, 0.2) is 18.2 Å². The first-order valence-corrected chi connectivity index (χ1v) is 5.07. The summed E-state index contributed by atoms with van der Waals surface area (Å²) in [5.41, 5.74) is 9.92. The van der Waals surface area contributed by atoms with Crippen LogP contribution < -0.4 is 5.73 Å². The number of rotatable bonds is 4. The fourth-order valence-corrected chi connectivity index (χ4v) is 1.73. The Labute approximate surface area is 81.0 Å². The van der Waals surface area contributed by atoms with Crippen LogP contribution in [0.1, 0.15) is 30.0 Å². The third-order valence-electron chi connectivity index (χ3n) is 2.52. The Balaban J connectivity index is 2.87. The van der Waals surface area contributed by atoms with Crippen LogP contribution in [0.5, 0.6) is 0 Å². The van der Waals surface area contributed by atoms with Gasteiger partial charge in [-0.05, 0) is 49.4 Å². The van der Waals surface area contributed by atoms with Crippen molar-refractivity contribution in [3.8, 4) is 0 Å². The van der Waals surface area contributed by atoms with E-state index < -0.39 is 0 Å². The molecule has 72 valence electrons. The van der Waals surface area contributed by atoms with Crippen molar-refractivity contribution in [3.63, 3.8) is 0 Å². The van der Waals surface area contributed by atoms with Crippen LogP contribution >= 0.6 is 0 Å². The molecule has 0 saturated carbocycles. The average molecular weight is 177 g/mol. The van der Waals surface area contributed by atoms with E-state index in [4.69, 9.17) is 5.73 Å². The minimum atomic E-state index is 0.789. The van der Waals surface area contributed by atoms with Gasteiger partial charge in [0.05, 0.1) is 0 Å². The molecular weight excluding hydrogens is 158 g/mol. The van der Waals surface area contributed by atoms with Gasteiger partial charge < -0.3 is 5.73 Å². The van der Waals surface area contributed by atoms with Crippen LogP contribution in [0.25, 0.3) is 0 Å². The van der Waals surface area contributed by atoms with Gasteiger partial charge in [-0.15, -0.1) is 0 Å². The highest BCUT2D eigenvalue weighted by Gasteiger charge is 2.02. The maximum absolute atomic E-state index is 5.52. The number of hydrogen-bond donors (Lipinski definition) is 1. The van der Waals surface area contributed by atoms with E-state index in [0.29, 0.717) is 0 Å². The molecule has 0 radical (unpaired) electrons. The van der Waals surface area contributed by atoms with E-state index in [0.717, 1.165) is 25.8 Å². The second-order valence-electron chi connectivity index (χ2n) is 3.46. The maximum Gasteiger partial charge on any atom is -0.00741 e. The predicted molar refractivity (Wildman–Crippen MR) is 57.9 cm³/mol. The van der Waals surface area contributed by atoms with E-state index in [1.54, 1.807) is 0 Å². The van der Waals surface area contributed by atoms with Crippen LogP contribution in [-0.2, 0) is 12.8 Å². The summed E-state index contributed by atoms with van der Waals surface area (Å²) in [6.07, 6.45) is 3.35. The van der Waals surface area contributed by atoms with Gasteiger partial charge in [-0.2, -0.15) is 0 Å². The van der Waals surface area contributed by atoms with Crippen molar-refractivity contribution in [2.45, 2.75) is 33.1 Å². The smallest absolute Gasteiger partial charge is 0.00741 e. The third kappa shape index (κ3) is 2.56. The highest BCUT2D eigenvalue weighted by molar-refractivity contribution is 5.34. The first-order chi connectivity index (χ1) is 6.29. The van der Waals surface area contributed by atoms with Crippen LogP contribution in [0.2, 0.25) is 0 Å². The van der Waals surface area contributed by atoms with Crippen molar-refractivity contribution in [2.24, 2.45) is 5.73 Å². The standard InChI is InChI=1S/C12H19N/c1-3-11-7-4-6-10(2)12(11)8-5-9-13/h4,6-7H,3,5,8-9,13H2,1-2H3. The SMILES string of the molecule is CCc1cccc(C)c1CCCN. The summed E-state index contributed by atoms with van der Waals surface area (Å²) in [5.74, 6) is 0. The Morgan fingerprint density at radius 3 is 2.69 bits per heavy atom. The maximum atomic E-state index is 5.52. The van der Waals surface area contributed by atoms with Gasteiger partial charge in [0.2, 0.25) is 0 Å². The molecule has 1 aromatic carbocycles. The van der Waals surface area contributed by atoms with Gasteiger partial charge in [0.15, 0.2) is 0 Å². The molecule has 0 heterocycles. The summed E-state index contributed by atoms with van der Waals surface area (Å²) in [7, 11) is 0. The van der Waals surface area contributed by atoms with Crippen molar-refractivity contribution in [1.29, 1.82) is 0 Å². The van der Waals surface area contributed by atoms with E-state index >= 15 is 0 Å². The second kappa shape index (κ2) is 5.03. The number of hydrogen-bond acceptors (Lipinski definition) is 1. The molecule has 0 aliphatic rings. The van der Waals surface area contributed by atoms with Gasteiger partial charge in [-0.3, -0.25) is 0 Å². The van der Waals surface area contributed by atoms with Gasteiger partial charge >= 0.3 is 0 Å². The third-order valence-corrected chi connectivity index (χ3v) is 2.52. The zero-order valence-electron chi connectivity index (χ0n) is 8.64. The summed E-state index contributed by atoms with van der Waals surface area (Å²) in [5, 5.41) is 0. The normalized spacial score (nSPS) is 10.4. The highest BCUT2D eigenvalue weighted by Crippen LogP contribution is 2.16. The quantitative estimate of drug-likeness (QED) is 0.751. The second-order valence-corrected chi connectivity index (χ2v) is 3.46. The lowest BCUT2D eigenvalue weighted by Gasteiger charge is -2.10. The predicted octanol–water partition coefficient (Wildman–Crippen LogP) is 2.45. The molecule has 2 N–H and O–H groups in total. The molecule has 0 aliphatic carbocycles. The average Bonchev–Trinajstić information content (AvgIpc) is 2.15. The van der Waals surface area contributed by atoms with Gasteiger partial charge in [0, 0.05) is 0 Å². The van der Waals surface area contributed by atoms with Crippen molar-refractivity contribution < 1.29 is 0 Å². The van der Waals surface area contributed by atoms with Crippen LogP contribution in [0, 0.1) is 6.92 Å². The lowest BCUT2D eigenvalue weighted by atomic mass is 9.96. The Bertz CT molecular complexity index is 266. The summed E-state index contributed by atoms with van der Waals surface area (Å²) >= 11 is 0. The molecule has 13 heavy (non-hydrogen) atoms. The van der Waals surface area contributed by atoms with Gasteiger partial charge in [0.1, 0.15) is 0 Å². The van der Waals surface area contributed by atoms with Crippen molar-refractivity contribution in [2.75, 3.05) is 6.54 Å². The number of nitrogens with two attached hydrogens (primary N) is 1. The molecule has 0 fully saturated rings. The van der Waals surface area contributed by atoms with Crippen molar-refractivity contribution in [1.82, 2.24) is 0 Å². The summed E-state index contributed by atoms with van der Waals surface area (Å²) in [6.45, 7) is 5.18. The van der Waals surface area contributed by atoms with Crippen LogP contribution in [0.3, 0.4) is 0 Å². The molecule has 1 rings (SSSR count). The van der Waals surface area contributed by atoms with E-state index in [2.05, 4.69) is 32.0 Å². The minimum absolute atomic E-state index is 0.789. The van der Waals surface area contributed by atoms with Gasteiger partial charge in [-0.1, -0.05) is 25.1 Å². The summed E-state index contributed by atoms with van der Waals surface area (Å²) < 4.78 is 0. The molecule has 1 nitrogen and oxygen atoms in total. The first kappa shape index (κ1) is 10.3. The monoisotopic (exact) mass is 177 g/mol. The summed E-state index contributed by atoms with van der Waals surface area (Å²) in [4.78, 5) is 0. The molecular formula is C12H19N. The van der Waals surface area contributed by atoms with E-state index in [1.165, 1.54) is 16.7 Å². The Kier molecular flexibility index (Phi) is 3.97. The van der Waals surface area contributed by atoms with E-state index in [-0.39, 0.29) is 0 Å². The zero-order valence-corrected chi connectivity index (χ0v) is 8.64. The number of aryl methyl sites for hydroxylation is 2. The fourth-order valence-electron chi connectivity index (χ4n) is 1.73. The molecule has 0 amide bonds. The van der Waals surface area contributed by atoms with Crippen LogP contribution in [-0.4, -0.2) is 6.54 Å². The molecule has 0 unspecified atom stereocenters. The van der Waals surface area contributed by atoms with Crippen molar-refractivity contribution >= 4 is 0 Å². The van der Waals surface area contributed by atoms with Gasteiger partial charge in [0.25, 0.3) is 0 Å². The first-order valence-electron chi connectivity index (χ1n) is 5.07. The molecule has 0 bridgehead atoms. The molecule has 1 aromatic rings. The zero-order chi connectivity index (χ0) is 9.68. The molecule has 0 spiro atoms. The lowest BCUT2D eigenvalue weighted by molar-refractivity contribution is 0.817. The highest BCUT2D eigenvalue weighted by atomic mass is 14.5.